The Morgan fingerprint density at radius 1 is 1.03 bits per heavy atom. The molecular formula is C26H36ClN3O4S. The van der Waals surface area contributed by atoms with Gasteiger partial charge in [-0.25, -0.2) is 8.42 Å². The summed E-state index contributed by atoms with van der Waals surface area (Å²) in [5.41, 5.74) is 1.92. The second kappa shape index (κ2) is 12.9. The summed E-state index contributed by atoms with van der Waals surface area (Å²) < 4.78 is 26.5. The van der Waals surface area contributed by atoms with E-state index in [1.807, 2.05) is 51.1 Å². The minimum atomic E-state index is -3.80. The highest BCUT2D eigenvalue weighted by atomic mass is 35.5. The summed E-state index contributed by atoms with van der Waals surface area (Å²) in [5.74, 6) is -0.690. The molecule has 2 aromatic carbocycles. The van der Waals surface area contributed by atoms with Gasteiger partial charge < -0.3 is 10.2 Å². The van der Waals surface area contributed by atoms with Gasteiger partial charge in [0, 0.05) is 17.6 Å². The van der Waals surface area contributed by atoms with Crippen molar-refractivity contribution in [3.63, 3.8) is 0 Å². The SMILES string of the molecule is CC[C@@H](C)NC(=O)[C@H](CC)N(CCc1ccccc1)C(=O)CN(c1cccc(Cl)c1C)S(C)(=O)=O. The van der Waals surface area contributed by atoms with E-state index in [4.69, 9.17) is 11.6 Å². The van der Waals surface area contributed by atoms with Gasteiger partial charge in [0.15, 0.2) is 0 Å². The molecule has 9 heteroatoms. The molecule has 0 saturated heterocycles. The highest BCUT2D eigenvalue weighted by Gasteiger charge is 2.32. The van der Waals surface area contributed by atoms with Crippen molar-refractivity contribution < 1.29 is 18.0 Å². The first-order valence-corrected chi connectivity index (χ1v) is 14.1. The van der Waals surface area contributed by atoms with Crippen LogP contribution in [0.2, 0.25) is 5.02 Å². The predicted molar refractivity (Wildman–Crippen MR) is 142 cm³/mol. The predicted octanol–water partition coefficient (Wildman–Crippen LogP) is 4.18. The zero-order valence-electron chi connectivity index (χ0n) is 21.1. The molecule has 0 saturated carbocycles. The van der Waals surface area contributed by atoms with Crippen LogP contribution in [0.3, 0.4) is 0 Å². The summed E-state index contributed by atoms with van der Waals surface area (Å²) in [7, 11) is -3.80. The van der Waals surface area contributed by atoms with Crippen molar-refractivity contribution in [2.75, 3.05) is 23.7 Å². The summed E-state index contributed by atoms with van der Waals surface area (Å²) in [5, 5.41) is 3.37. The fourth-order valence-electron chi connectivity index (χ4n) is 3.80. The summed E-state index contributed by atoms with van der Waals surface area (Å²) in [4.78, 5) is 28.3. The molecule has 7 nitrogen and oxygen atoms in total. The Morgan fingerprint density at radius 2 is 1.69 bits per heavy atom. The number of carbonyl (C=O) groups excluding carboxylic acids is 2. The molecule has 0 spiro atoms. The Bertz CT molecular complexity index is 1110. The Morgan fingerprint density at radius 3 is 2.26 bits per heavy atom. The Balaban J connectivity index is 2.40. The first-order chi connectivity index (χ1) is 16.5. The van der Waals surface area contributed by atoms with Gasteiger partial charge in [-0.05, 0) is 56.4 Å². The second-order valence-corrected chi connectivity index (χ2v) is 11.0. The van der Waals surface area contributed by atoms with Crippen LogP contribution in [0.4, 0.5) is 5.69 Å². The number of sulfonamides is 1. The average Bonchev–Trinajstić information content (AvgIpc) is 2.81. The lowest BCUT2D eigenvalue weighted by atomic mass is 10.1. The van der Waals surface area contributed by atoms with Crippen LogP contribution in [0.1, 0.15) is 44.7 Å². The molecule has 0 heterocycles. The van der Waals surface area contributed by atoms with E-state index in [2.05, 4.69) is 5.32 Å². The molecule has 192 valence electrons. The first kappa shape index (κ1) is 28.7. The third-order valence-electron chi connectivity index (χ3n) is 6.06. The number of amides is 2. The van der Waals surface area contributed by atoms with E-state index in [1.54, 1.807) is 25.1 Å². The lowest BCUT2D eigenvalue weighted by Gasteiger charge is -2.33. The van der Waals surface area contributed by atoms with E-state index >= 15 is 0 Å². The van der Waals surface area contributed by atoms with Crippen LogP contribution in [0.25, 0.3) is 0 Å². The Hall–Kier alpha value is -2.58. The number of hydrogen-bond donors (Lipinski definition) is 1. The third-order valence-corrected chi connectivity index (χ3v) is 7.59. The summed E-state index contributed by atoms with van der Waals surface area (Å²) in [6.07, 6.45) is 2.75. The highest BCUT2D eigenvalue weighted by Crippen LogP contribution is 2.28. The molecule has 0 aliphatic carbocycles. The summed E-state index contributed by atoms with van der Waals surface area (Å²) in [6.45, 7) is 7.29. The van der Waals surface area contributed by atoms with E-state index < -0.39 is 28.5 Å². The molecule has 0 fully saturated rings. The molecule has 0 bridgehead atoms. The Kier molecular flexibility index (Phi) is 10.6. The van der Waals surface area contributed by atoms with Crippen molar-refractivity contribution in [2.45, 2.75) is 59.0 Å². The van der Waals surface area contributed by atoms with E-state index in [0.717, 1.165) is 22.5 Å². The van der Waals surface area contributed by atoms with E-state index in [-0.39, 0.29) is 18.5 Å². The number of benzene rings is 2. The number of rotatable bonds is 12. The monoisotopic (exact) mass is 521 g/mol. The maximum atomic E-state index is 13.7. The van der Waals surface area contributed by atoms with Gasteiger partial charge in [0.1, 0.15) is 12.6 Å². The van der Waals surface area contributed by atoms with Crippen LogP contribution in [-0.2, 0) is 26.0 Å². The van der Waals surface area contributed by atoms with Crippen LogP contribution < -0.4 is 9.62 Å². The smallest absolute Gasteiger partial charge is 0.244 e. The number of halogens is 1. The van der Waals surface area contributed by atoms with E-state index in [9.17, 15) is 18.0 Å². The van der Waals surface area contributed by atoms with E-state index in [0.29, 0.717) is 29.1 Å². The molecule has 0 aliphatic rings. The lowest BCUT2D eigenvalue weighted by Crippen LogP contribution is -2.54. The highest BCUT2D eigenvalue weighted by molar-refractivity contribution is 7.92. The number of carbonyl (C=O) groups is 2. The molecule has 2 amide bonds. The van der Waals surface area contributed by atoms with Gasteiger partial charge in [-0.1, -0.05) is 61.8 Å². The molecule has 0 unspecified atom stereocenters. The molecule has 2 rings (SSSR count). The normalized spacial score (nSPS) is 13.1. The molecule has 0 aromatic heterocycles. The maximum Gasteiger partial charge on any atom is 0.244 e. The fraction of sp³-hybridized carbons (Fsp3) is 0.462. The fourth-order valence-corrected chi connectivity index (χ4v) is 4.87. The zero-order chi connectivity index (χ0) is 26.2. The number of nitrogens with one attached hydrogen (secondary N) is 1. The van der Waals surface area contributed by atoms with Crippen molar-refractivity contribution in [1.29, 1.82) is 0 Å². The van der Waals surface area contributed by atoms with Gasteiger partial charge >= 0.3 is 0 Å². The summed E-state index contributed by atoms with van der Waals surface area (Å²) in [6, 6.07) is 13.8. The Labute approximate surface area is 214 Å². The van der Waals surface area contributed by atoms with Crippen molar-refractivity contribution in [1.82, 2.24) is 10.2 Å². The molecule has 2 atom stereocenters. The maximum absolute atomic E-state index is 13.7. The van der Waals surface area contributed by atoms with Crippen molar-refractivity contribution in [2.24, 2.45) is 0 Å². The van der Waals surface area contributed by atoms with Gasteiger partial charge in [-0.3, -0.25) is 13.9 Å². The van der Waals surface area contributed by atoms with Crippen LogP contribution >= 0.6 is 11.6 Å². The molecular weight excluding hydrogens is 486 g/mol. The number of nitrogens with zero attached hydrogens (tertiary/aromatic N) is 2. The minimum absolute atomic E-state index is 0.0377. The topological polar surface area (TPSA) is 86.8 Å². The molecule has 2 aromatic rings. The molecule has 0 aliphatic heterocycles. The van der Waals surface area contributed by atoms with Crippen LogP contribution in [-0.4, -0.2) is 56.6 Å². The number of hydrogen-bond acceptors (Lipinski definition) is 4. The van der Waals surface area contributed by atoms with Gasteiger partial charge in [-0.15, -0.1) is 0 Å². The van der Waals surface area contributed by atoms with Crippen LogP contribution in [0.15, 0.2) is 48.5 Å². The first-order valence-electron chi connectivity index (χ1n) is 11.9. The van der Waals surface area contributed by atoms with Crippen molar-refractivity contribution in [3.05, 3.63) is 64.7 Å². The third kappa shape index (κ3) is 7.97. The largest absolute Gasteiger partial charge is 0.352 e. The van der Waals surface area contributed by atoms with Gasteiger partial charge in [0.25, 0.3) is 0 Å². The van der Waals surface area contributed by atoms with E-state index in [1.165, 1.54) is 4.90 Å². The number of anilines is 1. The molecule has 1 N–H and O–H groups in total. The minimum Gasteiger partial charge on any atom is -0.352 e. The quantitative estimate of drug-likeness (QED) is 0.454. The average molecular weight is 522 g/mol. The van der Waals surface area contributed by atoms with Crippen molar-refractivity contribution >= 4 is 39.1 Å². The van der Waals surface area contributed by atoms with Gasteiger partial charge in [0.2, 0.25) is 21.8 Å². The molecule has 35 heavy (non-hydrogen) atoms. The standard InChI is InChI=1S/C26H36ClN3O4S/c1-6-19(3)28-26(32)23(7-2)29(17-16-21-12-9-8-10-13-21)25(31)18-30(35(5,33)34)24-15-11-14-22(27)20(24)4/h8-15,19,23H,6-7,16-18H2,1-5H3,(H,28,32)/t19-,23+/m1/s1. The molecule has 0 radical (unpaired) electrons. The van der Waals surface area contributed by atoms with Crippen LogP contribution in [0, 0.1) is 6.92 Å². The lowest BCUT2D eigenvalue weighted by molar-refractivity contribution is -0.139. The van der Waals surface area contributed by atoms with Crippen molar-refractivity contribution in [3.8, 4) is 0 Å². The second-order valence-electron chi connectivity index (χ2n) is 8.72. The zero-order valence-corrected chi connectivity index (χ0v) is 22.7. The van der Waals surface area contributed by atoms with Gasteiger partial charge in [0.05, 0.1) is 11.9 Å². The van der Waals surface area contributed by atoms with Gasteiger partial charge in [-0.2, -0.15) is 0 Å². The summed E-state index contributed by atoms with van der Waals surface area (Å²) >= 11 is 6.23. The van der Waals surface area contributed by atoms with Crippen LogP contribution in [0.5, 0.6) is 0 Å².